The number of carboxylic acids is 1. The van der Waals surface area contributed by atoms with Crippen LogP contribution >= 0.6 is 0 Å². The van der Waals surface area contributed by atoms with Crippen molar-refractivity contribution in [3.63, 3.8) is 0 Å². The fourth-order valence-corrected chi connectivity index (χ4v) is 2.03. The van der Waals surface area contributed by atoms with E-state index in [1.54, 1.807) is 6.92 Å². The Labute approximate surface area is 106 Å². The van der Waals surface area contributed by atoms with Crippen molar-refractivity contribution in [2.24, 2.45) is 5.92 Å². The fourth-order valence-electron chi connectivity index (χ4n) is 2.03. The first-order valence-electron chi connectivity index (χ1n) is 6.09. The van der Waals surface area contributed by atoms with Gasteiger partial charge in [-0.05, 0) is 36.6 Å². The molecule has 1 aromatic carbocycles. The van der Waals surface area contributed by atoms with Gasteiger partial charge < -0.3 is 5.11 Å². The van der Waals surface area contributed by atoms with Crippen molar-refractivity contribution < 1.29 is 9.90 Å². The average Bonchev–Trinajstić information content (AvgIpc) is 2.36. The molecular formula is C15H17NO2. The Morgan fingerprint density at radius 3 is 2.61 bits per heavy atom. The second-order valence-electron chi connectivity index (χ2n) is 4.82. The van der Waals surface area contributed by atoms with Gasteiger partial charge in [-0.1, -0.05) is 26.0 Å². The van der Waals surface area contributed by atoms with E-state index >= 15 is 0 Å². The SMILES string of the molecule is Cc1ccc2cc(C(C)C(C)C(=O)O)ccc2n1. The molecule has 0 aliphatic carbocycles. The zero-order valence-corrected chi connectivity index (χ0v) is 10.8. The third kappa shape index (κ3) is 2.35. The maximum atomic E-state index is 11.0. The molecule has 0 saturated heterocycles. The van der Waals surface area contributed by atoms with Crippen molar-refractivity contribution in [2.45, 2.75) is 26.7 Å². The summed E-state index contributed by atoms with van der Waals surface area (Å²) in [4.78, 5) is 15.4. The lowest BCUT2D eigenvalue weighted by Crippen LogP contribution is -2.16. The Morgan fingerprint density at radius 1 is 1.22 bits per heavy atom. The fraction of sp³-hybridized carbons (Fsp3) is 0.333. The van der Waals surface area contributed by atoms with Crippen molar-refractivity contribution >= 4 is 16.9 Å². The molecule has 0 amide bonds. The molecular weight excluding hydrogens is 226 g/mol. The third-order valence-electron chi connectivity index (χ3n) is 3.52. The molecule has 18 heavy (non-hydrogen) atoms. The molecule has 94 valence electrons. The molecule has 3 heteroatoms. The van der Waals surface area contributed by atoms with Crippen LogP contribution in [-0.2, 0) is 4.79 Å². The van der Waals surface area contributed by atoms with Crippen LogP contribution in [0.25, 0.3) is 10.9 Å². The Kier molecular flexibility index (Phi) is 3.32. The molecule has 0 aliphatic rings. The van der Waals surface area contributed by atoms with E-state index in [1.165, 1.54) is 0 Å². The number of aromatic nitrogens is 1. The van der Waals surface area contributed by atoms with Gasteiger partial charge in [0.2, 0.25) is 0 Å². The van der Waals surface area contributed by atoms with Crippen molar-refractivity contribution in [2.75, 3.05) is 0 Å². The second kappa shape index (κ2) is 4.77. The van der Waals surface area contributed by atoms with Crippen molar-refractivity contribution in [1.82, 2.24) is 4.98 Å². The highest BCUT2D eigenvalue weighted by Crippen LogP contribution is 2.26. The minimum Gasteiger partial charge on any atom is -0.481 e. The quantitative estimate of drug-likeness (QED) is 0.899. The molecule has 1 aromatic heterocycles. The maximum Gasteiger partial charge on any atom is 0.306 e. The molecule has 0 radical (unpaired) electrons. The molecule has 2 unspecified atom stereocenters. The number of hydrogen-bond acceptors (Lipinski definition) is 2. The molecule has 0 spiro atoms. The van der Waals surface area contributed by atoms with E-state index in [0.717, 1.165) is 22.2 Å². The van der Waals surface area contributed by atoms with Gasteiger partial charge in [-0.25, -0.2) is 0 Å². The maximum absolute atomic E-state index is 11.0. The van der Waals surface area contributed by atoms with Gasteiger partial charge in [0, 0.05) is 11.1 Å². The number of nitrogens with zero attached hydrogens (tertiary/aromatic N) is 1. The van der Waals surface area contributed by atoms with Crippen molar-refractivity contribution in [3.05, 3.63) is 41.6 Å². The van der Waals surface area contributed by atoms with E-state index in [9.17, 15) is 4.79 Å². The first kappa shape index (κ1) is 12.6. The Balaban J connectivity index is 2.41. The van der Waals surface area contributed by atoms with Gasteiger partial charge >= 0.3 is 5.97 Å². The molecule has 1 heterocycles. The zero-order chi connectivity index (χ0) is 13.3. The minimum absolute atomic E-state index is 0.00629. The van der Waals surface area contributed by atoms with Crippen LogP contribution in [0.3, 0.4) is 0 Å². The zero-order valence-electron chi connectivity index (χ0n) is 10.8. The lowest BCUT2D eigenvalue weighted by Gasteiger charge is -2.16. The molecule has 0 fully saturated rings. The van der Waals surface area contributed by atoms with Gasteiger partial charge in [-0.2, -0.15) is 0 Å². The number of carbonyl (C=O) groups is 1. The standard InChI is InChI=1S/C15H17NO2/c1-9-4-5-13-8-12(6-7-14(13)16-9)10(2)11(3)15(17)18/h4-8,10-11H,1-3H3,(H,17,18). The number of pyridine rings is 1. The van der Waals surface area contributed by atoms with Crippen LogP contribution in [0.1, 0.15) is 31.0 Å². The van der Waals surface area contributed by atoms with Crippen molar-refractivity contribution in [1.29, 1.82) is 0 Å². The predicted octanol–water partition coefficient (Wildman–Crippen LogP) is 3.37. The number of benzene rings is 1. The first-order chi connectivity index (χ1) is 8.49. The lowest BCUT2D eigenvalue weighted by molar-refractivity contribution is -0.141. The summed E-state index contributed by atoms with van der Waals surface area (Å²) >= 11 is 0. The van der Waals surface area contributed by atoms with Crippen molar-refractivity contribution in [3.8, 4) is 0 Å². The average molecular weight is 243 g/mol. The molecule has 0 bridgehead atoms. The second-order valence-corrected chi connectivity index (χ2v) is 4.82. The first-order valence-corrected chi connectivity index (χ1v) is 6.09. The normalized spacial score (nSPS) is 14.4. The number of aryl methyl sites for hydroxylation is 1. The van der Waals surface area contributed by atoms with Gasteiger partial charge in [-0.3, -0.25) is 9.78 Å². The smallest absolute Gasteiger partial charge is 0.306 e. The number of fused-ring (bicyclic) bond motifs is 1. The van der Waals surface area contributed by atoms with Crippen LogP contribution in [0.5, 0.6) is 0 Å². The highest BCUT2D eigenvalue weighted by atomic mass is 16.4. The summed E-state index contributed by atoms with van der Waals surface area (Å²) < 4.78 is 0. The Morgan fingerprint density at radius 2 is 1.94 bits per heavy atom. The van der Waals surface area contributed by atoms with Crippen LogP contribution in [0.4, 0.5) is 0 Å². The number of rotatable bonds is 3. The van der Waals surface area contributed by atoms with E-state index in [0.29, 0.717) is 0 Å². The summed E-state index contributed by atoms with van der Waals surface area (Å²) in [5, 5.41) is 10.1. The summed E-state index contributed by atoms with van der Waals surface area (Å²) in [6.07, 6.45) is 0. The highest BCUT2D eigenvalue weighted by Gasteiger charge is 2.20. The van der Waals surface area contributed by atoms with Crippen LogP contribution in [0, 0.1) is 12.8 Å². The van der Waals surface area contributed by atoms with Gasteiger partial charge in [0.25, 0.3) is 0 Å². The van der Waals surface area contributed by atoms with Gasteiger partial charge in [0.1, 0.15) is 0 Å². The Bertz CT molecular complexity index is 592. The van der Waals surface area contributed by atoms with E-state index < -0.39 is 5.97 Å². The molecule has 2 atom stereocenters. The largest absolute Gasteiger partial charge is 0.481 e. The molecule has 0 aliphatic heterocycles. The van der Waals surface area contributed by atoms with E-state index in [1.807, 2.05) is 44.2 Å². The van der Waals surface area contributed by atoms with Gasteiger partial charge in [-0.15, -0.1) is 0 Å². The van der Waals surface area contributed by atoms with E-state index in [-0.39, 0.29) is 11.8 Å². The van der Waals surface area contributed by atoms with Crippen LogP contribution < -0.4 is 0 Å². The lowest BCUT2D eigenvalue weighted by atomic mass is 9.88. The van der Waals surface area contributed by atoms with Crippen LogP contribution in [-0.4, -0.2) is 16.1 Å². The van der Waals surface area contributed by atoms with E-state index in [4.69, 9.17) is 5.11 Å². The predicted molar refractivity (Wildman–Crippen MR) is 71.7 cm³/mol. The van der Waals surface area contributed by atoms with Gasteiger partial charge in [0.05, 0.1) is 11.4 Å². The third-order valence-corrected chi connectivity index (χ3v) is 3.52. The summed E-state index contributed by atoms with van der Waals surface area (Å²) in [5.74, 6) is -1.15. The molecule has 1 N–H and O–H groups in total. The summed E-state index contributed by atoms with van der Waals surface area (Å²) in [6, 6.07) is 9.96. The number of hydrogen-bond donors (Lipinski definition) is 1. The molecule has 2 rings (SSSR count). The van der Waals surface area contributed by atoms with Crippen LogP contribution in [0.15, 0.2) is 30.3 Å². The van der Waals surface area contributed by atoms with Crippen LogP contribution in [0.2, 0.25) is 0 Å². The summed E-state index contributed by atoms with van der Waals surface area (Å²) in [6.45, 7) is 5.65. The number of carboxylic acid groups (broad SMARTS) is 1. The Hall–Kier alpha value is -1.90. The molecule has 0 saturated carbocycles. The summed E-state index contributed by atoms with van der Waals surface area (Å²) in [7, 11) is 0. The molecule has 3 nitrogen and oxygen atoms in total. The molecule has 2 aromatic rings. The number of aliphatic carboxylic acids is 1. The summed E-state index contributed by atoms with van der Waals surface area (Å²) in [5.41, 5.74) is 2.99. The minimum atomic E-state index is -0.760. The van der Waals surface area contributed by atoms with Gasteiger partial charge in [0.15, 0.2) is 0 Å². The monoisotopic (exact) mass is 243 g/mol. The topological polar surface area (TPSA) is 50.2 Å². The van der Waals surface area contributed by atoms with E-state index in [2.05, 4.69) is 4.98 Å². The highest BCUT2D eigenvalue weighted by molar-refractivity contribution is 5.80.